The number of Topliss-reactive ketones (excluding diaryl/α,β-unsaturated/α-hetero) is 1. The van der Waals surface area contributed by atoms with Crippen molar-refractivity contribution in [2.75, 3.05) is 13.3 Å². The maximum atomic E-state index is 12.8. The molecule has 0 aliphatic rings. The first-order valence-corrected chi connectivity index (χ1v) is 8.80. The molecule has 0 radical (unpaired) electrons. The van der Waals surface area contributed by atoms with Gasteiger partial charge in [0.2, 0.25) is 0 Å². The first-order valence-electron chi connectivity index (χ1n) is 7.07. The molecule has 0 fully saturated rings. The molecule has 0 aliphatic heterocycles. The van der Waals surface area contributed by atoms with E-state index >= 15 is 0 Å². The van der Waals surface area contributed by atoms with Crippen LogP contribution < -0.4 is 0 Å². The fraction of sp³-hybridized carbons (Fsp3) is 0.235. The topological polar surface area (TPSA) is 52.6 Å². The quantitative estimate of drug-likeness (QED) is 0.557. The van der Waals surface area contributed by atoms with Gasteiger partial charge in [-0.2, -0.15) is 0 Å². The number of rotatable bonds is 7. The SMILES string of the molecule is CCP(=O)(OC)OC(C(=O)c1ccccc1)c1ccccc1. The second kappa shape index (κ2) is 7.50. The zero-order chi connectivity index (χ0) is 16.0. The van der Waals surface area contributed by atoms with E-state index in [2.05, 4.69) is 0 Å². The van der Waals surface area contributed by atoms with Gasteiger partial charge in [0.1, 0.15) is 0 Å². The standard InChI is InChI=1S/C17H19O4P/c1-3-22(19,20-2)21-17(15-12-8-5-9-13-15)16(18)14-10-6-4-7-11-14/h4-13,17H,3H2,1-2H3. The monoisotopic (exact) mass is 318 g/mol. The Morgan fingerprint density at radius 1 is 1.05 bits per heavy atom. The van der Waals surface area contributed by atoms with Gasteiger partial charge in [-0.15, -0.1) is 0 Å². The third-order valence-electron chi connectivity index (χ3n) is 3.33. The highest BCUT2D eigenvalue weighted by atomic mass is 31.2. The molecular weight excluding hydrogens is 299 g/mol. The van der Waals surface area contributed by atoms with Gasteiger partial charge in [-0.1, -0.05) is 67.6 Å². The minimum absolute atomic E-state index is 0.203. The van der Waals surface area contributed by atoms with Crippen LogP contribution in [0.3, 0.4) is 0 Å². The van der Waals surface area contributed by atoms with E-state index in [0.29, 0.717) is 11.1 Å². The van der Waals surface area contributed by atoms with E-state index in [4.69, 9.17) is 9.05 Å². The second-order valence-corrected chi connectivity index (χ2v) is 7.17. The summed E-state index contributed by atoms with van der Waals surface area (Å²) in [5.41, 5.74) is 1.16. The fourth-order valence-electron chi connectivity index (χ4n) is 2.05. The summed E-state index contributed by atoms with van der Waals surface area (Å²) in [6, 6.07) is 17.9. The van der Waals surface area contributed by atoms with Crippen molar-refractivity contribution < 1.29 is 18.4 Å². The largest absolute Gasteiger partial charge is 0.331 e. The van der Waals surface area contributed by atoms with Crippen molar-refractivity contribution in [3.05, 3.63) is 71.8 Å². The zero-order valence-electron chi connectivity index (χ0n) is 12.6. The molecule has 0 amide bonds. The zero-order valence-corrected chi connectivity index (χ0v) is 13.5. The lowest BCUT2D eigenvalue weighted by Gasteiger charge is -2.22. The molecule has 22 heavy (non-hydrogen) atoms. The van der Waals surface area contributed by atoms with Crippen molar-refractivity contribution in [3.63, 3.8) is 0 Å². The third kappa shape index (κ3) is 3.92. The average Bonchev–Trinajstić information content (AvgIpc) is 2.60. The van der Waals surface area contributed by atoms with Crippen molar-refractivity contribution in [2.45, 2.75) is 13.0 Å². The Kier molecular flexibility index (Phi) is 5.67. The Balaban J connectivity index is 2.38. The van der Waals surface area contributed by atoms with E-state index in [1.165, 1.54) is 7.11 Å². The molecule has 0 spiro atoms. The summed E-state index contributed by atoms with van der Waals surface area (Å²) in [6.07, 6.45) is -0.746. The average molecular weight is 318 g/mol. The summed E-state index contributed by atoms with van der Waals surface area (Å²) < 4.78 is 23.1. The minimum atomic E-state index is -3.30. The summed E-state index contributed by atoms with van der Waals surface area (Å²) >= 11 is 0. The van der Waals surface area contributed by atoms with Crippen LogP contribution in [0, 0.1) is 0 Å². The van der Waals surface area contributed by atoms with Gasteiger partial charge in [-0.25, -0.2) is 0 Å². The van der Waals surface area contributed by atoms with Gasteiger partial charge in [0.15, 0.2) is 11.9 Å². The molecular formula is C17H19O4P. The Labute approximate surface area is 130 Å². The molecule has 0 aromatic heterocycles. The van der Waals surface area contributed by atoms with Crippen molar-refractivity contribution in [2.24, 2.45) is 0 Å². The van der Waals surface area contributed by atoms with Gasteiger partial charge in [0.05, 0.1) is 0 Å². The van der Waals surface area contributed by atoms with Crippen molar-refractivity contribution >= 4 is 13.4 Å². The first kappa shape index (κ1) is 16.6. The predicted molar refractivity (Wildman–Crippen MR) is 86.2 cm³/mol. The molecule has 0 bridgehead atoms. The van der Waals surface area contributed by atoms with Crippen LogP contribution in [0.25, 0.3) is 0 Å². The Morgan fingerprint density at radius 3 is 2.09 bits per heavy atom. The number of ketones is 1. The molecule has 2 atom stereocenters. The van der Waals surface area contributed by atoms with Crippen LogP contribution in [0.15, 0.2) is 60.7 Å². The van der Waals surface area contributed by atoms with Crippen LogP contribution in [0.4, 0.5) is 0 Å². The van der Waals surface area contributed by atoms with Gasteiger partial charge in [0.25, 0.3) is 0 Å². The van der Waals surface area contributed by atoms with E-state index in [1.54, 1.807) is 43.3 Å². The predicted octanol–water partition coefficient (Wildman–Crippen LogP) is 4.49. The number of carbonyl (C=O) groups is 1. The van der Waals surface area contributed by atoms with Crippen LogP contribution in [-0.2, 0) is 13.6 Å². The maximum Gasteiger partial charge on any atom is 0.331 e. The lowest BCUT2D eigenvalue weighted by atomic mass is 10.0. The molecule has 0 saturated heterocycles. The van der Waals surface area contributed by atoms with E-state index in [0.717, 1.165) is 0 Å². The highest BCUT2D eigenvalue weighted by Gasteiger charge is 2.31. The molecule has 2 aromatic rings. The Hall–Kier alpha value is -1.74. The molecule has 0 aliphatic carbocycles. The summed E-state index contributed by atoms with van der Waals surface area (Å²) in [7, 11) is -1.97. The van der Waals surface area contributed by atoms with E-state index in [-0.39, 0.29) is 11.9 Å². The Bertz CT molecular complexity index is 647. The second-order valence-electron chi connectivity index (χ2n) is 4.74. The normalized spacial score (nSPS) is 15.0. The maximum absolute atomic E-state index is 12.8. The third-order valence-corrected chi connectivity index (χ3v) is 5.19. The highest BCUT2D eigenvalue weighted by Crippen LogP contribution is 2.51. The van der Waals surface area contributed by atoms with Gasteiger partial charge < -0.3 is 4.52 Å². The highest BCUT2D eigenvalue weighted by molar-refractivity contribution is 7.53. The van der Waals surface area contributed by atoms with E-state index in [1.807, 2.05) is 24.3 Å². The van der Waals surface area contributed by atoms with Gasteiger partial charge in [-0.3, -0.25) is 13.9 Å². The molecule has 0 heterocycles. The molecule has 5 heteroatoms. The van der Waals surface area contributed by atoms with Gasteiger partial charge in [-0.05, 0) is 5.56 Å². The van der Waals surface area contributed by atoms with Crippen LogP contribution in [0.2, 0.25) is 0 Å². The summed E-state index contributed by atoms with van der Waals surface area (Å²) in [6.45, 7) is 1.71. The van der Waals surface area contributed by atoms with E-state index in [9.17, 15) is 9.36 Å². The smallest absolute Gasteiger partial charge is 0.312 e. The fourth-order valence-corrected chi connectivity index (χ4v) is 3.08. The lowest BCUT2D eigenvalue weighted by molar-refractivity contribution is 0.0757. The molecule has 2 rings (SSSR count). The molecule has 2 aromatic carbocycles. The number of benzene rings is 2. The summed E-state index contributed by atoms with van der Waals surface area (Å²) in [4.78, 5) is 12.8. The van der Waals surface area contributed by atoms with Crippen LogP contribution in [0.1, 0.15) is 28.9 Å². The molecule has 0 saturated carbocycles. The van der Waals surface area contributed by atoms with Gasteiger partial charge >= 0.3 is 7.60 Å². The van der Waals surface area contributed by atoms with Crippen molar-refractivity contribution in [1.82, 2.24) is 0 Å². The van der Waals surface area contributed by atoms with Crippen molar-refractivity contribution in [3.8, 4) is 0 Å². The Morgan fingerprint density at radius 2 is 1.59 bits per heavy atom. The molecule has 2 unspecified atom stereocenters. The van der Waals surface area contributed by atoms with Gasteiger partial charge in [0, 0.05) is 18.8 Å². The molecule has 116 valence electrons. The molecule has 4 nitrogen and oxygen atoms in total. The first-order chi connectivity index (χ1) is 10.6. The molecule has 0 N–H and O–H groups in total. The summed E-state index contributed by atoms with van der Waals surface area (Å²) in [5.74, 6) is -0.238. The number of hydrogen-bond acceptors (Lipinski definition) is 4. The minimum Gasteiger partial charge on any atom is -0.312 e. The number of hydrogen-bond donors (Lipinski definition) is 0. The lowest BCUT2D eigenvalue weighted by Crippen LogP contribution is -2.16. The van der Waals surface area contributed by atoms with Crippen LogP contribution in [-0.4, -0.2) is 19.1 Å². The van der Waals surface area contributed by atoms with Crippen molar-refractivity contribution in [1.29, 1.82) is 0 Å². The van der Waals surface area contributed by atoms with Crippen LogP contribution in [0.5, 0.6) is 0 Å². The van der Waals surface area contributed by atoms with Crippen LogP contribution >= 0.6 is 7.60 Å². The number of carbonyl (C=O) groups excluding carboxylic acids is 1. The van der Waals surface area contributed by atoms with E-state index < -0.39 is 13.7 Å². The summed E-state index contributed by atoms with van der Waals surface area (Å²) in [5, 5.41) is 0.